The van der Waals surface area contributed by atoms with Crippen LogP contribution in [0.2, 0.25) is 10.0 Å². The molecule has 2 N–H and O–H groups in total. The molecule has 0 aliphatic carbocycles. The van der Waals surface area contributed by atoms with E-state index in [9.17, 15) is 14.7 Å². The molecule has 1 heterocycles. The van der Waals surface area contributed by atoms with Gasteiger partial charge in [0.25, 0.3) is 5.56 Å². The summed E-state index contributed by atoms with van der Waals surface area (Å²) in [6.45, 7) is 0.349. The zero-order valence-corrected chi connectivity index (χ0v) is 17.0. The maximum atomic E-state index is 12.6. The number of carboxylic acid groups (broad SMARTS) is 1. The number of aromatic hydroxyl groups is 1. The van der Waals surface area contributed by atoms with Crippen LogP contribution in [0.5, 0.6) is 5.75 Å². The zero-order chi connectivity index (χ0) is 21.0. The van der Waals surface area contributed by atoms with Crippen LogP contribution in [0, 0.1) is 0 Å². The quantitative estimate of drug-likeness (QED) is 0.573. The summed E-state index contributed by atoms with van der Waals surface area (Å²) < 4.78 is 1.55. The first kappa shape index (κ1) is 21.0. The van der Waals surface area contributed by atoms with Gasteiger partial charge in [-0.2, -0.15) is 0 Å². The van der Waals surface area contributed by atoms with Gasteiger partial charge in [0.15, 0.2) is 0 Å². The Morgan fingerprint density at radius 1 is 0.931 bits per heavy atom. The van der Waals surface area contributed by atoms with Gasteiger partial charge in [0.2, 0.25) is 0 Å². The topological polar surface area (TPSA) is 79.5 Å². The van der Waals surface area contributed by atoms with E-state index in [-0.39, 0.29) is 21.9 Å². The Bertz CT molecular complexity index is 1090. The van der Waals surface area contributed by atoms with E-state index >= 15 is 0 Å². The highest BCUT2D eigenvalue weighted by atomic mass is 35.5. The molecule has 0 atom stereocenters. The van der Waals surface area contributed by atoms with E-state index in [0.717, 1.165) is 11.1 Å². The summed E-state index contributed by atoms with van der Waals surface area (Å²) >= 11 is 12.4. The Hall–Kier alpha value is -2.76. The minimum Gasteiger partial charge on any atom is -0.508 e. The maximum absolute atomic E-state index is 12.6. The van der Waals surface area contributed by atoms with Gasteiger partial charge in [-0.1, -0.05) is 53.5 Å². The van der Waals surface area contributed by atoms with E-state index in [1.165, 1.54) is 18.2 Å². The van der Waals surface area contributed by atoms with Crippen molar-refractivity contribution in [2.75, 3.05) is 0 Å². The number of aromatic nitrogens is 1. The first-order valence-corrected chi connectivity index (χ1v) is 9.79. The van der Waals surface area contributed by atoms with Crippen molar-refractivity contribution in [3.8, 4) is 5.75 Å². The van der Waals surface area contributed by atoms with E-state index in [1.54, 1.807) is 28.8 Å². The first-order valence-electron chi connectivity index (χ1n) is 9.03. The molecule has 0 aliphatic heterocycles. The van der Waals surface area contributed by atoms with Crippen LogP contribution in [-0.2, 0) is 25.8 Å². The third-order valence-electron chi connectivity index (χ3n) is 4.75. The third kappa shape index (κ3) is 5.00. The summed E-state index contributed by atoms with van der Waals surface area (Å²) in [4.78, 5) is 23.6. The number of nitrogens with zero attached hydrogens (tertiary/aromatic N) is 1. The molecule has 1 aromatic heterocycles. The van der Waals surface area contributed by atoms with Crippen molar-refractivity contribution in [2.45, 2.75) is 25.8 Å². The Morgan fingerprint density at radius 3 is 2.28 bits per heavy atom. The number of hydrogen-bond donors (Lipinski definition) is 2. The largest absolute Gasteiger partial charge is 0.508 e. The smallest absolute Gasteiger partial charge is 0.335 e. The number of pyridine rings is 1. The number of para-hydroxylation sites is 1. The molecule has 0 saturated heterocycles. The van der Waals surface area contributed by atoms with Crippen LogP contribution in [0.3, 0.4) is 0 Å². The molecule has 0 saturated carbocycles. The second-order valence-electron chi connectivity index (χ2n) is 6.62. The fourth-order valence-electron chi connectivity index (χ4n) is 3.16. The summed E-state index contributed by atoms with van der Waals surface area (Å²) in [6, 6.07) is 15.0. The predicted molar refractivity (Wildman–Crippen MR) is 113 cm³/mol. The van der Waals surface area contributed by atoms with Crippen LogP contribution < -0.4 is 5.56 Å². The molecule has 3 aromatic rings. The van der Waals surface area contributed by atoms with E-state index < -0.39 is 5.97 Å². The third-order valence-corrected chi connectivity index (χ3v) is 5.35. The lowest BCUT2D eigenvalue weighted by Gasteiger charge is -2.16. The van der Waals surface area contributed by atoms with Gasteiger partial charge in [0, 0.05) is 12.2 Å². The zero-order valence-electron chi connectivity index (χ0n) is 15.4. The summed E-state index contributed by atoms with van der Waals surface area (Å²) in [6.07, 6.45) is 1.49. The van der Waals surface area contributed by atoms with E-state index in [0.29, 0.717) is 36.5 Å². The Kier molecular flexibility index (Phi) is 6.62. The highest BCUT2D eigenvalue weighted by Gasteiger charge is 2.14. The molecule has 7 heteroatoms. The van der Waals surface area contributed by atoms with Gasteiger partial charge in [-0.3, -0.25) is 4.79 Å². The van der Waals surface area contributed by atoms with Gasteiger partial charge in [-0.05, 0) is 54.7 Å². The van der Waals surface area contributed by atoms with E-state index in [1.807, 2.05) is 12.1 Å². The molecule has 0 radical (unpaired) electrons. The molecule has 2 aromatic carbocycles. The maximum Gasteiger partial charge on any atom is 0.335 e. The number of phenolic OH excluding ortho intramolecular Hbond substituents is 1. The van der Waals surface area contributed by atoms with Gasteiger partial charge < -0.3 is 14.8 Å². The van der Waals surface area contributed by atoms with Crippen LogP contribution in [0.1, 0.15) is 27.2 Å². The van der Waals surface area contributed by atoms with Crippen molar-refractivity contribution in [3.05, 3.63) is 97.4 Å². The fraction of sp³-hybridized carbons (Fsp3) is 0.182. The van der Waals surface area contributed by atoms with Crippen LogP contribution in [0.4, 0.5) is 0 Å². The fourth-order valence-corrected chi connectivity index (χ4v) is 3.73. The van der Waals surface area contributed by atoms with Crippen molar-refractivity contribution in [3.63, 3.8) is 0 Å². The molecule has 0 amide bonds. The van der Waals surface area contributed by atoms with E-state index in [4.69, 9.17) is 28.3 Å². The van der Waals surface area contributed by atoms with Crippen molar-refractivity contribution < 1.29 is 15.0 Å². The molecule has 0 spiro atoms. The number of carboxylic acids is 1. The summed E-state index contributed by atoms with van der Waals surface area (Å²) in [5, 5.41) is 19.4. The Balaban J connectivity index is 1.84. The lowest BCUT2D eigenvalue weighted by atomic mass is 10.1. The second kappa shape index (κ2) is 9.16. The minimum atomic E-state index is -0.985. The number of benzene rings is 2. The monoisotopic (exact) mass is 431 g/mol. The number of phenols is 1. The summed E-state index contributed by atoms with van der Waals surface area (Å²) in [5.41, 5.74) is 2.18. The lowest BCUT2D eigenvalue weighted by molar-refractivity contribution is 0.0697. The molecule has 3 rings (SSSR count). The molecule has 0 aliphatic rings. The minimum absolute atomic E-state index is 0.0440. The molecular formula is C22H19Cl2NO4. The van der Waals surface area contributed by atoms with Crippen molar-refractivity contribution in [1.82, 2.24) is 4.57 Å². The van der Waals surface area contributed by atoms with Crippen LogP contribution in [0.25, 0.3) is 0 Å². The molecule has 0 unspecified atom stereocenters. The van der Waals surface area contributed by atoms with E-state index in [2.05, 4.69) is 0 Å². The lowest BCUT2D eigenvalue weighted by Crippen LogP contribution is -2.25. The molecule has 0 fully saturated rings. The van der Waals surface area contributed by atoms with Crippen molar-refractivity contribution in [2.24, 2.45) is 0 Å². The first-order chi connectivity index (χ1) is 13.9. The molecule has 150 valence electrons. The number of aromatic carboxylic acids is 1. The standard InChI is InChI=1S/C22H19Cl2NO4/c23-17-13-18(24)21(27)25(12-11-14-5-7-16(8-6-14)22(28)29)19(17)10-9-15-3-1-2-4-20(15)26/h1-8,13,26H,9-12H2,(H,28,29). The number of aryl methyl sites for hydroxylation is 2. The summed E-state index contributed by atoms with van der Waals surface area (Å²) in [7, 11) is 0. The number of rotatable bonds is 7. The van der Waals surface area contributed by atoms with Gasteiger partial charge in [-0.15, -0.1) is 0 Å². The molecular weight excluding hydrogens is 413 g/mol. The Labute approximate surface area is 177 Å². The molecule has 5 nitrogen and oxygen atoms in total. The van der Waals surface area contributed by atoms with Crippen LogP contribution in [-0.4, -0.2) is 20.7 Å². The van der Waals surface area contributed by atoms with Gasteiger partial charge in [0.05, 0.1) is 10.6 Å². The number of carbonyl (C=O) groups is 1. The number of hydrogen-bond acceptors (Lipinski definition) is 3. The van der Waals surface area contributed by atoms with Crippen molar-refractivity contribution in [1.29, 1.82) is 0 Å². The highest BCUT2D eigenvalue weighted by molar-refractivity contribution is 6.34. The number of halogens is 2. The molecule has 29 heavy (non-hydrogen) atoms. The van der Waals surface area contributed by atoms with Gasteiger partial charge in [0.1, 0.15) is 10.8 Å². The van der Waals surface area contributed by atoms with Crippen LogP contribution >= 0.6 is 23.2 Å². The van der Waals surface area contributed by atoms with Gasteiger partial charge in [-0.25, -0.2) is 4.79 Å². The van der Waals surface area contributed by atoms with Crippen molar-refractivity contribution >= 4 is 29.2 Å². The Morgan fingerprint density at radius 2 is 1.62 bits per heavy atom. The molecule has 0 bridgehead atoms. The predicted octanol–water partition coefficient (Wildman–Crippen LogP) is 4.59. The average molecular weight is 432 g/mol. The average Bonchev–Trinajstić information content (AvgIpc) is 2.70. The van der Waals surface area contributed by atoms with Crippen LogP contribution in [0.15, 0.2) is 59.4 Å². The second-order valence-corrected chi connectivity index (χ2v) is 7.44. The van der Waals surface area contributed by atoms with Gasteiger partial charge >= 0.3 is 5.97 Å². The normalized spacial score (nSPS) is 10.8. The summed E-state index contributed by atoms with van der Waals surface area (Å²) in [5.74, 6) is -0.786. The highest BCUT2D eigenvalue weighted by Crippen LogP contribution is 2.23. The SMILES string of the molecule is O=C(O)c1ccc(CCn2c(CCc3ccccc3O)c(Cl)cc(Cl)c2=O)cc1.